The molecule has 1 atom stereocenters. The van der Waals surface area contributed by atoms with Gasteiger partial charge < -0.3 is 15.0 Å². The molecule has 0 unspecified atom stereocenters. The Balaban J connectivity index is 1.86. The minimum Gasteiger partial charge on any atom is -0.355 e. The van der Waals surface area contributed by atoms with Gasteiger partial charge in [0.1, 0.15) is 11.3 Å². The Bertz CT molecular complexity index is 1040. The first-order valence-electron chi connectivity index (χ1n) is 8.86. The molecule has 6 nitrogen and oxygen atoms in total. The van der Waals surface area contributed by atoms with E-state index in [2.05, 4.69) is 11.0 Å². The molecule has 3 heterocycles. The summed E-state index contributed by atoms with van der Waals surface area (Å²) in [5, 5.41) is 9.39. The number of hydrogen-bond donors (Lipinski definition) is 1. The Kier molecular flexibility index (Phi) is 4.23. The molecule has 0 radical (unpaired) electrons. The van der Waals surface area contributed by atoms with E-state index < -0.39 is 0 Å². The predicted octanol–water partition coefficient (Wildman–Crippen LogP) is 1.95. The minimum absolute atomic E-state index is 0.0561. The molecular weight excluding hydrogens is 326 g/mol. The monoisotopic (exact) mass is 347 g/mol. The van der Waals surface area contributed by atoms with Crippen molar-refractivity contribution in [1.82, 2.24) is 8.97 Å². The second kappa shape index (κ2) is 6.70. The molecule has 6 heteroatoms. The van der Waals surface area contributed by atoms with Crippen LogP contribution in [0.2, 0.25) is 0 Å². The number of aromatic nitrogens is 2. The summed E-state index contributed by atoms with van der Waals surface area (Å²) in [6.07, 6.45) is 5.89. The largest absolute Gasteiger partial charge is 0.355 e. The molecule has 1 saturated heterocycles. The first kappa shape index (κ1) is 16.4. The lowest BCUT2D eigenvalue weighted by Crippen LogP contribution is -2.45. The molecule has 26 heavy (non-hydrogen) atoms. The highest BCUT2D eigenvalue weighted by Crippen LogP contribution is 2.21. The van der Waals surface area contributed by atoms with Crippen LogP contribution in [0.3, 0.4) is 0 Å². The summed E-state index contributed by atoms with van der Waals surface area (Å²) in [5.74, 6) is 0.849. The lowest BCUT2D eigenvalue weighted by atomic mass is 10.1. The third kappa shape index (κ3) is 2.87. The Hall–Kier alpha value is -3.04. The van der Waals surface area contributed by atoms with Crippen LogP contribution >= 0.6 is 0 Å². The van der Waals surface area contributed by atoms with E-state index in [-0.39, 0.29) is 11.6 Å². The van der Waals surface area contributed by atoms with Gasteiger partial charge in [-0.3, -0.25) is 9.36 Å². The number of anilines is 1. The van der Waals surface area contributed by atoms with E-state index in [1.807, 2.05) is 47.1 Å². The van der Waals surface area contributed by atoms with Gasteiger partial charge in [0, 0.05) is 25.3 Å². The van der Waals surface area contributed by atoms with Crippen molar-refractivity contribution in [3.8, 4) is 6.07 Å². The topological polar surface area (TPSA) is 79.5 Å². The summed E-state index contributed by atoms with van der Waals surface area (Å²) < 4.78 is 3.63. The molecule has 0 saturated carbocycles. The van der Waals surface area contributed by atoms with Gasteiger partial charge in [0.05, 0.1) is 24.4 Å². The fourth-order valence-electron chi connectivity index (χ4n) is 3.68. The van der Waals surface area contributed by atoms with Crippen LogP contribution in [0.5, 0.6) is 0 Å². The van der Waals surface area contributed by atoms with E-state index in [1.165, 1.54) is 0 Å². The summed E-state index contributed by atoms with van der Waals surface area (Å²) in [4.78, 5) is 15.3. The van der Waals surface area contributed by atoms with E-state index in [0.29, 0.717) is 17.6 Å². The first-order chi connectivity index (χ1) is 12.7. The van der Waals surface area contributed by atoms with E-state index in [4.69, 9.17) is 5.73 Å². The summed E-state index contributed by atoms with van der Waals surface area (Å²) in [6.45, 7) is 1.97. The SMILES string of the molecule is N#Cc1ccccc1Cn1c(N2CCC[C@@H](N)C2)cn2cccc2c1=O. The molecule has 3 aromatic rings. The number of piperidine rings is 1. The first-order valence-corrected chi connectivity index (χ1v) is 8.86. The zero-order valence-corrected chi connectivity index (χ0v) is 14.5. The fourth-order valence-corrected chi connectivity index (χ4v) is 3.68. The molecule has 1 aliphatic heterocycles. The molecule has 0 spiro atoms. The maximum Gasteiger partial charge on any atom is 0.276 e. The Morgan fingerprint density at radius 2 is 2.08 bits per heavy atom. The second-order valence-corrected chi connectivity index (χ2v) is 6.80. The molecule has 1 aromatic carbocycles. The molecule has 1 aliphatic rings. The zero-order valence-electron chi connectivity index (χ0n) is 14.5. The highest BCUT2D eigenvalue weighted by Gasteiger charge is 2.21. The highest BCUT2D eigenvalue weighted by atomic mass is 16.1. The molecule has 0 bridgehead atoms. The molecule has 2 N–H and O–H groups in total. The van der Waals surface area contributed by atoms with Gasteiger partial charge in [-0.25, -0.2) is 0 Å². The second-order valence-electron chi connectivity index (χ2n) is 6.80. The maximum absolute atomic E-state index is 13.1. The molecule has 0 aliphatic carbocycles. The molecule has 132 valence electrons. The van der Waals surface area contributed by atoms with Gasteiger partial charge in [-0.2, -0.15) is 5.26 Å². The number of rotatable bonds is 3. The average molecular weight is 347 g/mol. The lowest BCUT2D eigenvalue weighted by Gasteiger charge is -2.34. The van der Waals surface area contributed by atoms with Gasteiger partial charge in [0.15, 0.2) is 0 Å². The lowest BCUT2D eigenvalue weighted by molar-refractivity contribution is 0.495. The highest BCUT2D eigenvalue weighted by molar-refractivity contribution is 5.52. The van der Waals surface area contributed by atoms with Crippen LogP contribution in [-0.4, -0.2) is 28.1 Å². The molecular formula is C20H21N5O. The van der Waals surface area contributed by atoms with Gasteiger partial charge in [0.25, 0.3) is 5.56 Å². The summed E-state index contributed by atoms with van der Waals surface area (Å²) >= 11 is 0. The zero-order chi connectivity index (χ0) is 18.1. The van der Waals surface area contributed by atoms with Gasteiger partial charge in [-0.15, -0.1) is 0 Å². The quantitative estimate of drug-likeness (QED) is 0.785. The van der Waals surface area contributed by atoms with Gasteiger partial charge >= 0.3 is 0 Å². The fraction of sp³-hybridized carbons (Fsp3) is 0.300. The van der Waals surface area contributed by atoms with Crippen LogP contribution in [0.4, 0.5) is 5.82 Å². The number of fused-ring (bicyclic) bond motifs is 1. The van der Waals surface area contributed by atoms with E-state index in [9.17, 15) is 10.1 Å². The minimum atomic E-state index is -0.0561. The number of nitrogens with zero attached hydrogens (tertiary/aromatic N) is 4. The number of hydrogen-bond acceptors (Lipinski definition) is 4. The smallest absolute Gasteiger partial charge is 0.276 e. The van der Waals surface area contributed by atoms with Crippen molar-refractivity contribution >= 4 is 11.3 Å². The van der Waals surface area contributed by atoms with Gasteiger partial charge in [-0.05, 0) is 36.6 Å². The van der Waals surface area contributed by atoms with Crippen molar-refractivity contribution in [1.29, 1.82) is 5.26 Å². The van der Waals surface area contributed by atoms with Crippen molar-refractivity contribution < 1.29 is 0 Å². The van der Waals surface area contributed by atoms with E-state index >= 15 is 0 Å². The third-order valence-corrected chi connectivity index (χ3v) is 5.02. The van der Waals surface area contributed by atoms with E-state index in [1.54, 1.807) is 10.6 Å². The molecule has 1 fully saturated rings. The Morgan fingerprint density at radius 1 is 1.23 bits per heavy atom. The van der Waals surface area contributed by atoms with Crippen LogP contribution < -0.4 is 16.2 Å². The van der Waals surface area contributed by atoms with E-state index in [0.717, 1.165) is 37.3 Å². The Morgan fingerprint density at radius 3 is 2.88 bits per heavy atom. The van der Waals surface area contributed by atoms with Gasteiger partial charge in [-0.1, -0.05) is 18.2 Å². The van der Waals surface area contributed by atoms with Gasteiger partial charge in [0.2, 0.25) is 0 Å². The molecule has 4 rings (SSSR count). The number of nitrogens with two attached hydrogens (primary N) is 1. The number of benzene rings is 1. The summed E-state index contributed by atoms with van der Waals surface area (Å²) in [6, 6.07) is 13.4. The van der Waals surface area contributed by atoms with Crippen molar-refractivity contribution in [2.75, 3.05) is 18.0 Å². The standard InChI is InChI=1S/C20H21N5O/c21-11-15-5-1-2-6-16(15)12-25-19(24-10-3-7-17(22)13-24)14-23-9-4-8-18(23)20(25)26/h1-2,4-6,8-9,14,17H,3,7,10,12-13,22H2/t17-/m1/s1. The van der Waals surface area contributed by atoms with Crippen molar-refractivity contribution in [2.45, 2.75) is 25.4 Å². The Labute approximate surface area is 151 Å². The molecule has 0 amide bonds. The van der Waals surface area contributed by atoms with Crippen molar-refractivity contribution in [3.63, 3.8) is 0 Å². The van der Waals surface area contributed by atoms with Crippen molar-refractivity contribution in [3.05, 3.63) is 70.3 Å². The molecule has 2 aromatic heterocycles. The third-order valence-electron chi connectivity index (χ3n) is 5.02. The van der Waals surface area contributed by atoms with Crippen LogP contribution in [0, 0.1) is 11.3 Å². The maximum atomic E-state index is 13.1. The average Bonchev–Trinajstić information content (AvgIpc) is 3.13. The predicted molar refractivity (Wildman–Crippen MR) is 101 cm³/mol. The summed E-state index contributed by atoms with van der Waals surface area (Å²) in [7, 11) is 0. The van der Waals surface area contributed by atoms with Crippen molar-refractivity contribution in [2.24, 2.45) is 5.73 Å². The van der Waals surface area contributed by atoms with Crippen LogP contribution in [0.25, 0.3) is 5.52 Å². The van der Waals surface area contributed by atoms with Crippen LogP contribution in [0.15, 0.2) is 53.6 Å². The van der Waals surface area contributed by atoms with Crippen LogP contribution in [0.1, 0.15) is 24.0 Å². The normalized spacial score (nSPS) is 17.4. The number of nitriles is 1. The van der Waals surface area contributed by atoms with Crippen LogP contribution in [-0.2, 0) is 6.54 Å². The summed E-state index contributed by atoms with van der Waals surface area (Å²) in [5.41, 5.74) is 8.17.